The van der Waals surface area contributed by atoms with Crippen LogP contribution >= 0.6 is 0 Å². The summed E-state index contributed by atoms with van der Waals surface area (Å²) in [5.74, 6) is 0.263. The number of hydrazone groups is 1. The Morgan fingerprint density at radius 3 is 2.62 bits per heavy atom. The van der Waals surface area contributed by atoms with Gasteiger partial charge in [0, 0.05) is 5.92 Å². The fourth-order valence-corrected chi connectivity index (χ4v) is 1.54. The summed E-state index contributed by atoms with van der Waals surface area (Å²) in [7, 11) is 0. The Morgan fingerprint density at radius 1 is 1.38 bits per heavy atom. The maximum Gasteiger partial charge on any atom is 0.243 e. The summed E-state index contributed by atoms with van der Waals surface area (Å²) in [6.07, 6.45) is 2.83. The fourth-order valence-electron chi connectivity index (χ4n) is 1.54. The SMILES string of the molecule is CCC(=NNC(=O)C1CC1)c1ccccc1. The summed E-state index contributed by atoms with van der Waals surface area (Å²) < 4.78 is 0. The highest BCUT2D eigenvalue weighted by Gasteiger charge is 2.29. The molecule has 0 spiro atoms. The zero-order chi connectivity index (χ0) is 11.4. The average molecular weight is 216 g/mol. The van der Waals surface area contributed by atoms with Gasteiger partial charge in [0.2, 0.25) is 5.91 Å². The first-order chi connectivity index (χ1) is 7.81. The second-order valence-electron chi connectivity index (χ2n) is 4.03. The van der Waals surface area contributed by atoms with E-state index in [1.54, 1.807) is 0 Å². The minimum Gasteiger partial charge on any atom is -0.273 e. The second kappa shape index (κ2) is 4.92. The molecule has 1 saturated carbocycles. The van der Waals surface area contributed by atoms with Crippen molar-refractivity contribution in [2.24, 2.45) is 11.0 Å². The van der Waals surface area contributed by atoms with Gasteiger partial charge in [-0.15, -0.1) is 0 Å². The molecule has 3 nitrogen and oxygen atoms in total. The Labute approximate surface area is 95.6 Å². The number of carbonyl (C=O) groups is 1. The highest BCUT2D eigenvalue weighted by molar-refractivity contribution is 6.00. The Morgan fingerprint density at radius 2 is 2.06 bits per heavy atom. The predicted octanol–water partition coefficient (Wildman–Crippen LogP) is 2.33. The van der Waals surface area contributed by atoms with E-state index in [9.17, 15) is 4.79 Å². The summed E-state index contributed by atoms with van der Waals surface area (Å²) in [4.78, 5) is 11.4. The second-order valence-corrected chi connectivity index (χ2v) is 4.03. The van der Waals surface area contributed by atoms with Crippen molar-refractivity contribution in [3.63, 3.8) is 0 Å². The van der Waals surface area contributed by atoms with Crippen LogP contribution in [0, 0.1) is 5.92 Å². The topological polar surface area (TPSA) is 41.5 Å². The average Bonchev–Trinajstić information content (AvgIpc) is 3.15. The monoisotopic (exact) mass is 216 g/mol. The molecule has 1 amide bonds. The Hall–Kier alpha value is -1.64. The molecule has 0 saturated heterocycles. The minimum absolute atomic E-state index is 0.0573. The minimum atomic E-state index is 0.0573. The molecule has 2 rings (SSSR count). The van der Waals surface area contributed by atoms with Gasteiger partial charge in [0.1, 0.15) is 0 Å². The van der Waals surface area contributed by atoms with E-state index in [0.29, 0.717) is 0 Å². The first-order valence-electron chi connectivity index (χ1n) is 5.73. The van der Waals surface area contributed by atoms with Crippen LogP contribution in [0.3, 0.4) is 0 Å². The standard InChI is InChI=1S/C13H16N2O/c1-2-12(10-6-4-3-5-7-10)14-15-13(16)11-8-9-11/h3-7,11H,2,8-9H2,1H3,(H,15,16). The molecule has 1 aliphatic rings. The van der Waals surface area contributed by atoms with Crippen molar-refractivity contribution in [3.05, 3.63) is 35.9 Å². The first-order valence-corrected chi connectivity index (χ1v) is 5.73. The summed E-state index contributed by atoms with van der Waals surface area (Å²) in [5.41, 5.74) is 4.64. The van der Waals surface area contributed by atoms with Gasteiger partial charge in [0.15, 0.2) is 0 Å². The lowest BCUT2D eigenvalue weighted by Gasteiger charge is -2.04. The molecule has 0 unspecified atom stereocenters. The van der Waals surface area contributed by atoms with Crippen LogP contribution < -0.4 is 5.43 Å². The zero-order valence-corrected chi connectivity index (χ0v) is 9.44. The third-order valence-corrected chi connectivity index (χ3v) is 2.69. The summed E-state index contributed by atoms with van der Waals surface area (Å²) in [6.45, 7) is 2.04. The normalized spacial score (nSPS) is 15.9. The van der Waals surface area contributed by atoms with Crippen LogP contribution in [0.2, 0.25) is 0 Å². The Balaban J connectivity index is 2.04. The number of amides is 1. The molecule has 0 bridgehead atoms. The number of hydrogen-bond acceptors (Lipinski definition) is 2. The van der Waals surface area contributed by atoms with E-state index in [4.69, 9.17) is 0 Å². The first kappa shape index (κ1) is 10.9. The van der Waals surface area contributed by atoms with Crippen LogP contribution in [0.25, 0.3) is 0 Å². The number of benzene rings is 1. The highest BCUT2D eigenvalue weighted by atomic mass is 16.2. The molecule has 84 valence electrons. The molecule has 0 aliphatic heterocycles. The molecule has 0 atom stereocenters. The van der Waals surface area contributed by atoms with Crippen molar-refractivity contribution in [3.8, 4) is 0 Å². The third kappa shape index (κ3) is 2.69. The van der Waals surface area contributed by atoms with E-state index in [1.807, 2.05) is 37.3 Å². The van der Waals surface area contributed by atoms with Gasteiger partial charge in [-0.25, -0.2) is 5.43 Å². The third-order valence-electron chi connectivity index (χ3n) is 2.69. The Kier molecular flexibility index (Phi) is 3.34. The number of hydrogen-bond donors (Lipinski definition) is 1. The van der Waals surface area contributed by atoms with Crippen molar-refractivity contribution in [2.45, 2.75) is 26.2 Å². The lowest BCUT2D eigenvalue weighted by atomic mass is 10.1. The molecule has 1 aromatic rings. The molecule has 1 aromatic carbocycles. The smallest absolute Gasteiger partial charge is 0.243 e. The number of carbonyl (C=O) groups excluding carboxylic acids is 1. The molecule has 1 N–H and O–H groups in total. The van der Waals surface area contributed by atoms with Crippen molar-refractivity contribution in [1.82, 2.24) is 5.43 Å². The van der Waals surface area contributed by atoms with Gasteiger partial charge in [-0.05, 0) is 24.8 Å². The van der Waals surface area contributed by atoms with Gasteiger partial charge in [-0.1, -0.05) is 37.3 Å². The van der Waals surface area contributed by atoms with Crippen molar-refractivity contribution < 1.29 is 4.79 Å². The molecule has 3 heteroatoms. The maximum atomic E-state index is 11.4. The molecule has 16 heavy (non-hydrogen) atoms. The van der Waals surface area contributed by atoms with Gasteiger partial charge < -0.3 is 0 Å². The van der Waals surface area contributed by atoms with Crippen molar-refractivity contribution in [2.75, 3.05) is 0 Å². The molecule has 1 fully saturated rings. The summed E-state index contributed by atoms with van der Waals surface area (Å²) >= 11 is 0. The molecular weight excluding hydrogens is 200 g/mol. The molecule has 0 heterocycles. The Bertz CT molecular complexity index is 394. The molecule has 0 radical (unpaired) electrons. The van der Waals surface area contributed by atoms with Crippen molar-refractivity contribution in [1.29, 1.82) is 0 Å². The van der Waals surface area contributed by atoms with Crippen LogP contribution in [-0.2, 0) is 4.79 Å². The maximum absolute atomic E-state index is 11.4. The van der Waals surface area contributed by atoms with E-state index >= 15 is 0 Å². The van der Waals surface area contributed by atoms with Gasteiger partial charge in [0.05, 0.1) is 5.71 Å². The summed E-state index contributed by atoms with van der Waals surface area (Å²) in [5, 5.41) is 4.19. The van der Waals surface area contributed by atoms with Gasteiger partial charge >= 0.3 is 0 Å². The highest BCUT2D eigenvalue weighted by Crippen LogP contribution is 2.28. The number of nitrogens with one attached hydrogen (secondary N) is 1. The van der Waals surface area contributed by atoms with Crippen LogP contribution in [-0.4, -0.2) is 11.6 Å². The van der Waals surface area contributed by atoms with E-state index in [0.717, 1.165) is 30.5 Å². The van der Waals surface area contributed by atoms with Gasteiger partial charge in [0.25, 0.3) is 0 Å². The fraction of sp³-hybridized carbons (Fsp3) is 0.385. The predicted molar refractivity (Wildman–Crippen MR) is 64.1 cm³/mol. The quantitative estimate of drug-likeness (QED) is 0.609. The van der Waals surface area contributed by atoms with Crippen LogP contribution in [0.4, 0.5) is 0 Å². The van der Waals surface area contributed by atoms with E-state index in [-0.39, 0.29) is 11.8 Å². The summed E-state index contributed by atoms with van der Waals surface area (Å²) in [6, 6.07) is 9.93. The molecule has 1 aliphatic carbocycles. The molecular formula is C13H16N2O. The number of rotatable bonds is 4. The van der Waals surface area contributed by atoms with Crippen LogP contribution in [0.1, 0.15) is 31.7 Å². The van der Waals surface area contributed by atoms with Crippen molar-refractivity contribution >= 4 is 11.6 Å². The molecule has 0 aromatic heterocycles. The number of nitrogens with zero attached hydrogens (tertiary/aromatic N) is 1. The van der Waals surface area contributed by atoms with E-state index in [1.165, 1.54) is 0 Å². The zero-order valence-electron chi connectivity index (χ0n) is 9.44. The largest absolute Gasteiger partial charge is 0.273 e. The van der Waals surface area contributed by atoms with E-state index in [2.05, 4.69) is 10.5 Å². The lowest BCUT2D eigenvalue weighted by Crippen LogP contribution is -2.21. The van der Waals surface area contributed by atoms with E-state index < -0.39 is 0 Å². The van der Waals surface area contributed by atoms with Gasteiger partial charge in [-0.3, -0.25) is 4.79 Å². The van der Waals surface area contributed by atoms with Gasteiger partial charge in [-0.2, -0.15) is 5.10 Å². The lowest BCUT2D eigenvalue weighted by molar-refractivity contribution is -0.122. The van der Waals surface area contributed by atoms with Crippen LogP contribution in [0.5, 0.6) is 0 Å². The van der Waals surface area contributed by atoms with Crippen LogP contribution in [0.15, 0.2) is 35.4 Å².